The van der Waals surface area contributed by atoms with Crippen molar-refractivity contribution in [2.24, 2.45) is 0 Å². The lowest BCUT2D eigenvalue weighted by molar-refractivity contribution is 0.122. The number of hydrogen-bond acceptors (Lipinski definition) is 7. The summed E-state index contributed by atoms with van der Waals surface area (Å²) in [7, 11) is 0. The van der Waals surface area contributed by atoms with Crippen molar-refractivity contribution < 1.29 is 18.3 Å². The Labute approximate surface area is 351 Å². The number of fused-ring (bicyclic) bond motifs is 2. The number of nitrogens with zero attached hydrogens (tertiary/aromatic N) is 4. The van der Waals surface area contributed by atoms with Crippen LogP contribution < -0.4 is 15.1 Å². The second-order valence-corrected chi connectivity index (χ2v) is 15.4. The van der Waals surface area contributed by atoms with Gasteiger partial charge in [0.1, 0.15) is 11.6 Å². The third-order valence-electron chi connectivity index (χ3n) is 10.5. The summed E-state index contributed by atoms with van der Waals surface area (Å²) in [5.41, 5.74) is 9.16. The molecule has 0 saturated carbocycles. The molecule has 58 heavy (non-hydrogen) atoms. The third kappa shape index (κ3) is 8.28. The van der Waals surface area contributed by atoms with Gasteiger partial charge in [0.05, 0.1) is 70.9 Å². The van der Waals surface area contributed by atoms with E-state index >= 15 is 0 Å². The Bertz CT molecular complexity index is 2630. The SMILES string of the molecule is Cc1c(-c2ccccc2F)nc2cc(Cl)ccc2c1Cl.Cc1c(-c2ccccc2F)nc2cc(Cl)ccc2c1Nc1cc(N2CCOCC2)ccc1N1CCOCC1. The Hall–Kier alpha value is -5.03. The predicted octanol–water partition coefficient (Wildman–Crippen LogP) is 12.1. The number of hydrogen-bond donors (Lipinski definition) is 1. The summed E-state index contributed by atoms with van der Waals surface area (Å²) in [6.07, 6.45) is 0. The first-order chi connectivity index (χ1) is 28.2. The van der Waals surface area contributed by atoms with Gasteiger partial charge in [-0.05, 0) is 104 Å². The van der Waals surface area contributed by atoms with Gasteiger partial charge in [-0.1, -0.05) is 59.1 Å². The summed E-state index contributed by atoms with van der Waals surface area (Å²) in [5, 5.41) is 7.24. The molecule has 2 saturated heterocycles. The fourth-order valence-electron chi connectivity index (χ4n) is 7.48. The molecule has 2 fully saturated rings. The molecule has 0 bridgehead atoms. The predicted molar refractivity (Wildman–Crippen MR) is 235 cm³/mol. The van der Waals surface area contributed by atoms with Crippen molar-refractivity contribution in [3.05, 3.63) is 141 Å². The Morgan fingerprint density at radius 2 is 1.10 bits per heavy atom. The van der Waals surface area contributed by atoms with Crippen LogP contribution in [0.5, 0.6) is 0 Å². The van der Waals surface area contributed by atoms with Crippen molar-refractivity contribution in [1.82, 2.24) is 9.97 Å². The van der Waals surface area contributed by atoms with E-state index in [9.17, 15) is 8.78 Å². The molecule has 1 N–H and O–H groups in total. The molecule has 0 amide bonds. The molecule has 296 valence electrons. The molecule has 5 aromatic carbocycles. The Kier molecular flexibility index (Phi) is 12.0. The third-order valence-corrected chi connectivity index (χ3v) is 11.5. The molecule has 0 atom stereocenters. The molecule has 9 rings (SSSR count). The zero-order valence-electron chi connectivity index (χ0n) is 32.0. The van der Waals surface area contributed by atoms with Crippen LogP contribution in [0.4, 0.5) is 31.5 Å². The Balaban J connectivity index is 0.000000197. The minimum Gasteiger partial charge on any atom is -0.378 e. The lowest BCUT2D eigenvalue weighted by atomic mass is 10.0. The van der Waals surface area contributed by atoms with Crippen LogP contribution in [0.2, 0.25) is 15.1 Å². The first-order valence-electron chi connectivity index (χ1n) is 19.1. The van der Waals surface area contributed by atoms with Crippen molar-refractivity contribution in [3.63, 3.8) is 0 Å². The second kappa shape index (κ2) is 17.4. The van der Waals surface area contributed by atoms with Gasteiger partial charge < -0.3 is 24.6 Å². The quantitative estimate of drug-likeness (QED) is 0.179. The maximum Gasteiger partial charge on any atom is 0.132 e. The normalized spacial score (nSPS) is 14.4. The molecular formula is C46H40Cl3F2N5O2. The number of halogens is 5. The zero-order chi connectivity index (χ0) is 40.3. The van der Waals surface area contributed by atoms with Crippen molar-refractivity contribution in [2.45, 2.75) is 13.8 Å². The van der Waals surface area contributed by atoms with E-state index in [1.165, 1.54) is 12.1 Å². The molecule has 0 aliphatic carbocycles. The van der Waals surface area contributed by atoms with Crippen LogP contribution in [0.1, 0.15) is 11.1 Å². The largest absolute Gasteiger partial charge is 0.378 e. The molecular weight excluding hydrogens is 799 g/mol. The van der Waals surface area contributed by atoms with Crippen LogP contribution in [-0.2, 0) is 9.47 Å². The highest BCUT2D eigenvalue weighted by molar-refractivity contribution is 6.37. The van der Waals surface area contributed by atoms with Crippen LogP contribution in [0.3, 0.4) is 0 Å². The number of aromatic nitrogens is 2. The molecule has 0 spiro atoms. The van der Waals surface area contributed by atoms with Crippen LogP contribution in [0.25, 0.3) is 44.3 Å². The first-order valence-corrected chi connectivity index (χ1v) is 20.2. The smallest absolute Gasteiger partial charge is 0.132 e. The first kappa shape index (κ1) is 39.8. The van der Waals surface area contributed by atoms with E-state index in [1.54, 1.807) is 42.5 Å². The maximum absolute atomic E-state index is 14.9. The van der Waals surface area contributed by atoms with Gasteiger partial charge >= 0.3 is 0 Å². The second-order valence-electron chi connectivity index (χ2n) is 14.2. The number of anilines is 4. The Morgan fingerprint density at radius 3 is 1.69 bits per heavy atom. The lowest BCUT2D eigenvalue weighted by Gasteiger charge is -2.33. The molecule has 0 unspecified atom stereocenters. The van der Waals surface area contributed by atoms with Crippen molar-refractivity contribution in [3.8, 4) is 22.5 Å². The molecule has 2 aliphatic rings. The fourth-order valence-corrected chi connectivity index (χ4v) is 8.06. The molecule has 7 aromatic rings. The number of morpholine rings is 2. The van der Waals surface area contributed by atoms with Gasteiger partial charge in [-0.2, -0.15) is 0 Å². The minimum absolute atomic E-state index is 0.307. The van der Waals surface area contributed by atoms with E-state index < -0.39 is 0 Å². The van der Waals surface area contributed by atoms with E-state index in [1.807, 2.05) is 44.2 Å². The number of benzene rings is 5. The molecule has 7 nitrogen and oxygen atoms in total. The average molecular weight is 839 g/mol. The summed E-state index contributed by atoms with van der Waals surface area (Å²) in [6.45, 7) is 9.98. The molecule has 2 aromatic heterocycles. The van der Waals surface area contributed by atoms with Crippen LogP contribution in [0.15, 0.2) is 103 Å². The van der Waals surface area contributed by atoms with E-state index in [-0.39, 0.29) is 11.6 Å². The van der Waals surface area contributed by atoms with Crippen molar-refractivity contribution in [1.29, 1.82) is 0 Å². The molecule has 4 heterocycles. The van der Waals surface area contributed by atoms with Gasteiger partial charge in [0.25, 0.3) is 0 Å². The van der Waals surface area contributed by atoms with Crippen LogP contribution in [-0.4, -0.2) is 62.6 Å². The summed E-state index contributed by atoms with van der Waals surface area (Å²) >= 11 is 18.7. The number of pyridine rings is 2. The van der Waals surface area contributed by atoms with Gasteiger partial charge in [-0.25, -0.2) is 18.7 Å². The highest BCUT2D eigenvalue weighted by Gasteiger charge is 2.22. The van der Waals surface area contributed by atoms with Gasteiger partial charge in [0.15, 0.2) is 0 Å². The zero-order valence-corrected chi connectivity index (χ0v) is 34.2. The van der Waals surface area contributed by atoms with E-state index in [0.29, 0.717) is 61.8 Å². The van der Waals surface area contributed by atoms with E-state index in [2.05, 4.69) is 38.3 Å². The number of ether oxygens (including phenoxy) is 2. The fraction of sp³-hybridized carbons (Fsp3) is 0.217. The summed E-state index contributed by atoms with van der Waals surface area (Å²) < 4.78 is 40.1. The lowest BCUT2D eigenvalue weighted by Crippen LogP contribution is -2.37. The summed E-state index contributed by atoms with van der Waals surface area (Å²) in [6, 6.07) is 30.8. The minimum atomic E-state index is -0.319. The average Bonchev–Trinajstić information content (AvgIpc) is 3.24. The standard InChI is InChI=1S/C30H30ClFN4O2.C16H10Cl2FN/c1-20-29(23-4-2-3-5-25(23)32)33-26-18-21(31)6-8-24(26)30(20)34-27-19-22(35-10-14-37-15-11-35)7-9-28(27)36-12-16-38-17-13-36;1-9-15(18)12-7-6-10(17)8-14(12)20-16(9)11-4-2-3-5-13(11)19/h2-9,18-19H,10-17H2,1H3,(H,33,34);2-8H,1H3. The van der Waals surface area contributed by atoms with Crippen LogP contribution in [0, 0.1) is 25.5 Å². The molecule has 2 aliphatic heterocycles. The number of nitrogens with one attached hydrogen (secondary N) is 1. The van der Waals surface area contributed by atoms with Gasteiger partial charge in [-0.3, -0.25) is 0 Å². The topological polar surface area (TPSA) is 62.8 Å². The Morgan fingerprint density at radius 1 is 0.586 bits per heavy atom. The molecule has 0 radical (unpaired) electrons. The summed E-state index contributed by atoms with van der Waals surface area (Å²) in [4.78, 5) is 14.1. The summed E-state index contributed by atoms with van der Waals surface area (Å²) in [5.74, 6) is -0.626. The van der Waals surface area contributed by atoms with E-state index in [0.717, 1.165) is 84.0 Å². The molecule has 12 heteroatoms. The van der Waals surface area contributed by atoms with E-state index in [4.69, 9.17) is 49.3 Å². The van der Waals surface area contributed by atoms with Gasteiger partial charge in [0.2, 0.25) is 0 Å². The highest BCUT2D eigenvalue weighted by atomic mass is 35.5. The monoisotopic (exact) mass is 837 g/mol. The van der Waals surface area contributed by atoms with Crippen molar-refractivity contribution in [2.75, 3.05) is 67.7 Å². The van der Waals surface area contributed by atoms with Crippen LogP contribution >= 0.6 is 34.8 Å². The number of rotatable bonds is 6. The van der Waals surface area contributed by atoms with Crippen molar-refractivity contribution >= 4 is 79.4 Å². The van der Waals surface area contributed by atoms with Gasteiger partial charge in [-0.15, -0.1) is 0 Å². The maximum atomic E-state index is 14.9. The van der Waals surface area contributed by atoms with Gasteiger partial charge in [0, 0.05) is 63.8 Å². The highest BCUT2D eigenvalue weighted by Crippen LogP contribution is 2.41.